The molecule has 0 saturated carbocycles. The largest absolute Gasteiger partial charge is 0.439 e. The van der Waals surface area contributed by atoms with Crippen molar-refractivity contribution in [3.8, 4) is 11.6 Å². The Morgan fingerprint density at radius 2 is 1.74 bits per heavy atom. The molecule has 0 atom stereocenters. The van der Waals surface area contributed by atoms with Crippen LogP contribution in [0.25, 0.3) is 0 Å². The van der Waals surface area contributed by atoms with E-state index in [2.05, 4.69) is 15.3 Å². The fraction of sp³-hybridized carbons (Fsp3) is 0.286. The maximum absolute atomic E-state index is 6.14. The average Bonchev–Trinajstić information content (AvgIpc) is 2.38. The molecule has 0 spiro atoms. The Labute approximate surface area is 117 Å². The minimum atomic E-state index is 0.542. The van der Waals surface area contributed by atoms with Crippen molar-refractivity contribution in [3.63, 3.8) is 0 Å². The summed E-state index contributed by atoms with van der Waals surface area (Å²) in [5, 5.41) is 3.77. The molecule has 0 bridgehead atoms. The fourth-order valence-corrected chi connectivity index (χ4v) is 1.97. The highest BCUT2D eigenvalue weighted by Gasteiger charge is 2.10. The summed E-state index contributed by atoms with van der Waals surface area (Å²) in [7, 11) is 1.82. The second-order valence-corrected chi connectivity index (χ2v) is 4.75. The lowest BCUT2D eigenvalue weighted by molar-refractivity contribution is 0.457. The average molecular weight is 278 g/mol. The van der Waals surface area contributed by atoms with Crippen LogP contribution >= 0.6 is 11.6 Å². The van der Waals surface area contributed by atoms with Gasteiger partial charge in [-0.1, -0.05) is 11.6 Å². The number of hydrogen-bond acceptors (Lipinski definition) is 4. The van der Waals surface area contributed by atoms with Gasteiger partial charge in [-0.2, -0.15) is 0 Å². The fourth-order valence-electron chi connectivity index (χ4n) is 1.87. The van der Waals surface area contributed by atoms with Gasteiger partial charge in [0.15, 0.2) is 0 Å². The van der Waals surface area contributed by atoms with Crippen molar-refractivity contribution in [1.29, 1.82) is 0 Å². The maximum atomic E-state index is 6.14. The van der Waals surface area contributed by atoms with Crippen LogP contribution in [0.4, 0.5) is 5.82 Å². The summed E-state index contributed by atoms with van der Waals surface area (Å²) in [6.07, 6.45) is 1.48. The zero-order valence-electron chi connectivity index (χ0n) is 11.4. The van der Waals surface area contributed by atoms with E-state index in [0.717, 1.165) is 33.3 Å². The minimum Gasteiger partial charge on any atom is -0.439 e. The predicted molar refractivity (Wildman–Crippen MR) is 77.3 cm³/mol. The van der Waals surface area contributed by atoms with Gasteiger partial charge in [-0.15, -0.1) is 0 Å². The van der Waals surface area contributed by atoms with Crippen LogP contribution in [0.5, 0.6) is 11.6 Å². The third-order valence-corrected chi connectivity index (χ3v) is 3.50. The van der Waals surface area contributed by atoms with E-state index in [4.69, 9.17) is 16.3 Å². The number of hydrogen-bond donors (Lipinski definition) is 1. The zero-order valence-corrected chi connectivity index (χ0v) is 12.2. The summed E-state index contributed by atoms with van der Waals surface area (Å²) in [5.74, 6) is 2.02. The standard InChI is InChI=1S/C14H16ClN3O/c1-8-5-11(6-9(2)12(8)15)19-14-10(3)13(16-4)17-7-18-14/h5-7H,1-4H3,(H,16,17,18). The topological polar surface area (TPSA) is 47.0 Å². The normalized spacial score (nSPS) is 10.4. The van der Waals surface area contributed by atoms with Gasteiger partial charge in [0.2, 0.25) is 5.88 Å². The first-order valence-corrected chi connectivity index (χ1v) is 6.34. The smallest absolute Gasteiger partial charge is 0.227 e. The van der Waals surface area contributed by atoms with Crippen LogP contribution in [0.15, 0.2) is 18.5 Å². The van der Waals surface area contributed by atoms with Crippen LogP contribution in [0, 0.1) is 20.8 Å². The van der Waals surface area contributed by atoms with E-state index in [1.165, 1.54) is 6.33 Å². The summed E-state index contributed by atoms with van der Waals surface area (Å²) < 4.78 is 5.82. The number of benzene rings is 1. The van der Waals surface area contributed by atoms with Crippen LogP contribution in [0.2, 0.25) is 5.02 Å². The summed E-state index contributed by atoms with van der Waals surface area (Å²) in [5.41, 5.74) is 2.84. The second-order valence-electron chi connectivity index (χ2n) is 4.38. The summed E-state index contributed by atoms with van der Waals surface area (Å²) in [6, 6.07) is 3.80. The Kier molecular flexibility index (Phi) is 3.90. The SMILES string of the molecule is CNc1ncnc(Oc2cc(C)c(Cl)c(C)c2)c1C. The highest BCUT2D eigenvalue weighted by atomic mass is 35.5. The lowest BCUT2D eigenvalue weighted by Gasteiger charge is -2.12. The third kappa shape index (κ3) is 2.79. The summed E-state index contributed by atoms with van der Waals surface area (Å²) in [6.45, 7) is 5.82. The van der Waals surface area contributed by atoms with Gasteiger partial charge < -0.3 is 10.1 Å². The Balaban J connectivity index is 2.36. The minimum absolute atomic E-state index is 0.542. The Bertz CT molecular complexity index is 591. The molecule has 0 aliphatic heterocycles. The molecule has 0 saturated heterocycles. The molecule has 100 valence electrons. The number of aryl methyl sites for hydroxylation is 2. The maximum Gasteiger partial charge on any atom is 0.227 e. The zero-order chi connectivity index (χ0) is 14.0. The molecule has 1 heterocycles. The van der Waals surface area contributed by atoms with E-state index in [-0.39, 0.29) is 0 Å². The molecule has 5 heteroatoms. The molecule has 0 aliphatic rings. The molecule has 1 aromatic carbocycles. The van der Waals surface area contributed by atoms with Crippen LogP contribution < -0.4 is 10.1 Å². The molecule has 1 N–H and O–H groups in total. The van der Waals surface area contributed by atoms with Gasteiger partial charge in [-0.05, 0) is 44.0 Å². The molecule has 0 unspecified atom stereocenters. The first-order chi connectivity index (χ1) is 9.02. The molecule has 0 amide bonds. The molecule has 0 aliphatic carbocycles. The molecule has 0 radical (unpaired) electrons. The Morgan fingerprint density at radius 3 is 2.32 bits per heavy atom. The van der Waals surface area contributed by atoms with E-state index in [1.807, 2.05) is 40.0 Å². The first-order valence-electron chi connectivity index (χ1n) is 5.97. The van der Waals surface area contributed by atoms with E-state index in [0.29, 0.717) is 5.88 Å². The lowest BCUT2D eigenvalue weighted by Crippen LogP contribution is -2.00. The second kappa shape index (κ2) is 5.45. The number of halogens is 1. The number of nitrogens with zero attached hydrogens (tertiary/aromatic N) is 2. The van der Waals surface area contributed by atoms with Gasteiger partial charge in [-0.25, -0.2) is 9.97 Å². The molecule has 19 heavy (non-hydrogen) atoms. The van der Waals surface area contributed by atoms with Crippen LogP contribution in [0.3, 0.4) is 0 Å². The van der Waals surface area contributed by atoms with Crippen LogP contribution in [-0.4, -0.2) is 17.0 Å². The molecule has 2 aromatic rings. The number of aromatic nitrogens is 2. The van der Waals surface area contributed by atoms with Crippen molar-refractivity contribution in [3.05, 3.63) is 40.2 Å². The molecular weight excluding hydrogens is 262 g/mol. The van der Waals surface area contributed by atoms with Crippen LogP contribution in [0.1, 0.15) is 16.7 Å². The van der Waals surface area contributed by atoms with Crippen molar-refractivity contribution >= 4 is 17.4 Å². The number of ether oxygens (including phenoxy) is 1. The molecule has 4 nitrogen and oxygen atoms in total. The van der Waals surface area contributed by atoms with Crippen molar-refractivity contribution in [2.75, 3.05) is 12.4 Å². The van der Waals surface area contributed by atoms with Crippen molar-refractivity contribution < 1.29 is 4.74 Å². The highest BCUT2D eigenvalue weighted by molar-refractivity contribution is 6.32. The number of rotatable bonds is 3. The van der Waals surface area contributed by atoms with Crippen LogP contribution in [-0.2, 0) is 0 Å². The monoisotopic (exact) mass is 277 g/mol. The molecule has 2 rings (SSSR count). The van der Waals surface area contributed by atoms with Crippen molar-refractivity contribution in [1.82, 2.24) is 9.97 Å². The van der Waals surface area contributed by atoms with Crippen molar-refractivity contribution in [2.24, 2.45) is 0 Å². The Morgan fingerprint density at radius 1 is 1.11 bits per heavy atom. The van der Waals surface area contributed by atoms with E-state index in [1.54, 1.807) is 0 Å². The summed E-state index contributed by atoms with van der Waals surface area (Å²) >= 11 is 6.14. The van der Waals surface area contributed by atoms with Gasteiger partial charge in [0.25, 0.3) is 0 Å². The van der Waals surface area contributed by atoms with Gasteiger partial charge in [0, 0.05) is 12.1 Å². The van der Waals surface area contributed by atoms with E-state index < -0.39 is 0 Å². The first kappa shape index (κ1) is 13.6. The Hall–Kier alpha value is -1.81. The van der Waals surface area contributed by atoms with Gasteiger partial charge >= 0.3 is 0 Å². The van der Waals surface area contributed by atoms with E-state index in [9.17, 15) is 0 Å². The van der Waals surface area contributed by atoms with Gasteiger partial charge in [0.1, 0.15) is 17.9 Å². The predicted octanol–water partition coefficient (Wildman–Crippen LogP) is 3.89. The molecule has 1 aromatic heterocycles. The number of nitrogens with one attached hydrogen (secondary N) is 1. The molecular formula is C14H16ClN3O. The van der Waals surface area contributed by atoms with Gasteiger partial charge in [-0.3, -0.25) is 0 Å². The highest BCUT2D eigenvalue weighted by Crippen LogP contribution is 2.30. The van der Waals surface area contributed by atoms with E-state index >= 15 is 0 Å². The molecule has 0 fully saturated rings. The summed E-state index contributed by atoms with van der Waals surface area (Å²) in [4.78, 5) is 8.28. The third-order valence-electron chi connectivity index (χ3n) is 2.90. The number of anilines is 1. The lowest BCUT2D eigenvalue weighted by atomic mass is 10.1. The quantitative estimate of drug-likeness (QED) is 0.925. The van der Waals surface area contributed by atoms with Gasteiger partial charge in [0.05, 0.1) is 5.56 Å². The van der Waals surface area contributed by atoms with Crippen molar-refractivity contribution in [2.45, 2.75) is 20.8 Å².